The van der Waals surface area contributed by atoms with Crippen molar-refractivity contribution in [3.8, 4) is 17.2 Å². The molecular formula is C19H24N2O4S. The fourth-order valence-electron chi connectivity index (χ4n) is 3.54. The second-order valence-corrected chi connectivity index (χ2v) is 6.79. The molecule has 2 fully saturated rings. The average molecular weight is 376 g/mol. The van der Waals surface area contributed by atoms with Gasteiger partial charge in [0.25, 0.3) is 5.91 Å². The Hall–Kier alpha value is -2.28. The first-order valence-electron chi connectivity index (χ1n) is 8.75. The summed E-state index contributed by atoms with van der Waals surface area (Å²) in [6, 6.07) is 3.71. The van der Waals surface area contributed by atoms with E-state index in [-0.39, 0.29) is 11.9 Å². The van der Waals surface area contributed by atoms with Crippen LogP contribution in [-0.2, 0) is 4.79 Å². The van der Waals surface area contributed by atoms with Gasteiger partial charge in [-0.05, 0) is 37.2 Å². The number of hydrogen-bond donors (Lipinski definition) is 1. The lowest BCUT2D eigenvalue weighted by molar-refractivity contribution is -0.124. The van der Waals surface area contributed by atoms with Crippen LogP contribution < -0.4 is 19.5 Å². The van der Waals surface area contributed by atoms with Gasteiger partial charge in [-0.1, -0.05) is 19.3 Å². The minimum atomic E-state index is -0.0845. The maximum absolute atomic E-state index is 12.9. The number of ether oxygens (including phenoxy) is 3. The van der Waals surface area contributed by atoms with Crippen molar-refractivity contribution in [2.45, 2.75) is 38.1 Å². The van der Waals surface area contributed by atoms with E-state index in [2.05, 4.69) is 5.32 Å². The normalized spacial score (nSPS) is 19.7. The predicted molar refractivity (Wildman–Crippen MR) is 104 cm³/mol. The number of methoxy groups -OCH3 is 3. The third-order valence-electron chi connectivity index (χ3n) is 4.89. The minimum Gasteiger partial charge on any atom is -0.496 e. The number of amides is 1. The van der Waals surface area contributed by atoms with Gasteiger partial charge in [0.2, 0.25) is 0 Å². The molecule has 0 unspecified atom stereocenters. The van der Waals surface area contributed by atoms with E-state index in [1.165, 1.54) is 6.42 Å². The van der Waals surface area contributed by atoms with Crippen LogP contribution in [0.3, 0.4) is 0 Å². The van der Waals surface area contributed by atoms with Crippen molar-refractivity contribution in [1.29, 1.82) is 0 Å². The lowest BCUT2D eigenvalue weighted by Crippen LogP contribution is -2.41. The van der Waals surface area contributed by atoms with E-state index in [1.807, 2.05) is 0 Å². The van der Waals surface area contributed by atoms with Crippen LogP contribution in [0.4, 0.5) is 0 Å². The Kier molecular flexibility index (Phi) is 5.66. The zero-order valence-corrected chi connectivity index (χ0v) is 16.1. The van der Waals surface area contributed by atoms with E-state index in [4.69, 9.17) is 26.4 Å². The lowest BCUT2D eigenvalue weighted by Gasteiger charge is -2.29. The number of nitrogens with one attached hydrogen (secondary N) is 1. The second kappa shape index (κ2) is 7.95. The maximum Gasteiger partial charge on any atom is 0.276 e. The van der Waals surface area contributed by atoms with Crippen LogP contribution >= 0.6 is 12.2 Å². The van der Waals surface area contributed by atoms with E-state index in [0.29, 0.717) is 33.6 Å². The van der Waals surface area contributed by atoms with Crippen LogP contribution in [0, 0.1) is 0 Å². The lowest BCUT2D eigenvalue weighted by atomic mass is 9.94. The number of thiocarbonyl (C=S) groups is 1. The number of carbonyl (C=O) groups excluding carboxylic acids is 1. The van der Waals surface area contributed by atoms with Crippen LogP contribution in [0.1, 0.15) is 37.7 Å². The summed E-state index contributed by atoms with van der Waals surface area (Å²) in [5.74, 6) is 1.64. The number of nitrogens with zero attached hydrogens (tertiary/aromatic N) is 1. The smallest absolute Gasteiger partial charge is 0.276 e. The molecule has 26 heavy (non-hydrogen) atoms. The summed E-state index contributed by atoms with van der Waals surface area (Å²) in [6.07, 6.45) is 7.25. The molecule has 1 amide bonds. The Bertz CT molecular complexity index is 741. The van der Waals surface area contributed by atoms with Gasteiger partial charge < -0.3 is 19.5 Å². The van der Waals surface area contributed by atoms with Crippen molar-refractivity contribution in [3.63, 3.8) is 0 Å². The number of carbonyl (C=O) groups is 1. The molecule has 140 valence electrons. The van der Waals surface area contributed by atoms with Crippen molar-refractivity contribution in [2.75, 3.05) is 21.3 Å². The minimum absolute atomic E-state index is 0.0845. The summed E-state index contributed by atoms with van der Waals surface area (Å²) >= 11 is 5.42. The molecule has 1 aromatic rings. The fraction of sp³-hybridized carbons (Fsp3) is 0.474. The molecule has 2 aliphatic rings. The molecule has 1 N–H and O–H groups in total. The summed E-state index contributed by atoms with van der Waals surface area (Å²) in [6.45, 7) is 0. The summed E-state index contributed by atoms with van der Waals surface area (Å²) in [4.78, 5) is 14.6. The summed E-state index contributed by atoms with van der Waals surface area (Å²) in [5.41, 5.74) is 1.17. The monoisotopic (exact) mass is 376 g/mol. The molecule has 1 aromatic carbocycles. The van der Waals surface area contributed by atoms with E-state index in [9.17, 15) is 4.79 Å². The molecule has 7 heteroatoms. The zero-order chi connectivity index (χ0) is 18.7. The summed E-state index contributed by atoms with van der Waals surface area (Å²) in [7, 11) is 4.71. The van der Waals surface area contributed by atoms with Crippen molar-refractivity contribution < 1.29 is 19.0 Å². The van der Waals surface area contributed by atoms with Gasteiger partial charge in [0.1, 0.15) is 11.4 Å². The van der Waals surface area contributed by atoms with E-state index < -0.39 is 0 Å². The molecule has 0 radical (unpaired) electrons. The molecule has 1 heterocycles. The van der Waals surface area contributed by atoms with Crippen LogP contribution in [0.2, 0.25) is 0 Å². The van der Waals surface area contributed by atoms with E-state index in [1.54, 1.807) is 44.4 Å². The molecule has 1 aliphatic carbocycles. The highest BCUT2D eigenvalue weighted by atomic mass is 32.1. The summed E-state index contributed by atoms with van der Waals surface area (Å²) in [5, 5.41) is 3.54. The maximum atomic E-state index is 12.9. The number of benzene rings is 1. The highest BCUT2D eigenvalue weighted by molar-refractivity contribution is 7.80. The molecule has 0 spiro atoms. The SMILES string of the molecule is COc1cc(OC)c(OC)cc1/C=C1\NC(=S)N(C2CCCCC2)C1=O. The molecule has 1 saturated carbocycles. The van der Waals surface area contributed by atoms with Crippen LogP contribution in [0.5, 0.6) is 17.2 Å². The quantitative estimate of drug-likeness (QED) is 0.629. The third-order valence-corrected chi connectivity index (χ3v) is 5.18. The topological polar surface area (TPSA) is 60.0 Å². The molecule has 0 bridgehead atoms. The van der Waals surface area contributed by atoms with Gasteiger partial charge in [-0.25, -0.2) is 0 Å². The van der Waals surface area contributed by atoms with Gasteiger partial charge >= 0.3 is 0 Å². The Morgan fingerprint density at radius 1 is 1.04 bits per heavy atom. The zero-order valence-electron chi connectivity index (χ0n) is 15.3. The Morgan fingerprint density at radius 2 is 1.65 bits per heavy atom. The molecule has 1 saturated heterocycles. The standard InChI is InChI=1S/C19H24N2O4S/c1-23-15-11-17(25-3)16(24-2)10-12(15)9-14-18(22)21(19(26)20-14)13-7-5-4-6-8-13/h9-11,13H,4-8H2,1-3H3,(H,20,26)/b14-9-. The number of hydrogen-bond acceptors (Lipinski definition) is 5. The summed E-state index contributed by atoms with van der Waals surface area (Å²) < 4.78 is 16.1. The molecule has 0 aromatic heterocycles. The van der Waals surface area contributed by atoms with E-state index >= 15 is 0 Å². The van der Waals surface area contributed by atoms with Crippen molar-refractivity contribution >= 4 is 29.3 Å². The van der Waals surface area contributed by atoms with Crippen LogP contribution in [-0.4, -0.2) is 43.3 Å². The molecule has 0 atom stereocenters. The second-order valence-electron chi connectivity index (χ2n) is 6.40. The van der Waals surface area contributed by atoms with Gasteiger partial charge in [0.05, 0.1) is 21.3 Å². The Balaban J connectivity index is 1.92. The van der Waals surface area contributed by atoms with Gasteiger partial charge in [-0.3, -0.25) is 9.69 Å². The Labute approximate surface area is 159 Å². The van der Waals surface area contributed by atoms with Crippen LogP contribution in [0.25, 0.3) is 6.08 Å². The first-order valence-corrected chi connectivity index (χ1v) is 9.16. The first kappa shape index (κ1) is 18.5. The molecular weight excluding hydrogens is 352 g/mol. The highest BCUT2D eigenvalue weighted by Gasteiger charge is 2.36. The van der Waals surface area contributed by atoms with Crippen molar-refractivity contribution in [3.05, 3.63) is 23.4 Å². The van der Waals surface area contributed by atoms with Gasteiger partial charge in [-0.15, -0.1) is 0 Å². The molecule has 3 rings (SSSR count). The van der Waals surface area contributed by atoms with Crippen molar-refractivity contribution in [1.82, 2.24) is 10.2 Å². The van der Waals surface area contributed by atoms with Crippen LogP contribution in [0.15, 0.2) is 17.8 Å². The first-order chi connectivity index (χ1) is 12.6. The van der Waals surface area contributed by atoms with Gasteiger partial charge in [0.15, 0.2) is 16.6 Å². The number of rotatable bonds is 5. The van der Waals surface area contributed by atoms with Crippen molar-refractivity contribution in [2.24, 2.45) is 0 Å². The predicted octanol–water partition coefficient (Wildman–Crippen LogP) is 3.10. The highest BCUT2D eigenvalue weighted by Crippen LogP contribution is 2.36. The fourth-order valence-corrected chi connectivity index (χ4v) is 3.88. The van der Waals surface area contributed by atoms with Gasteiger partial charge in [-0.2, -0.15) is 0 Å². The molecule has 1 aliphatic heterocycles. The van der Waals surface area contributed by atoms with Gasteiger partial charge in [0, 0.05) is 17.7 Å². The third kappa shape index (κ3) is 3.49. The molecule has 6 nitrogen and oxygen atoms in total. The average Bonchev–Trinajstić information content (AvgIpc) is 2.95. The largest absolute Gasteiger partial charge is 0.496 e. The Morgan fingerprint density at radius 3 is 2.27 bits per heavy atom. The van der Waals surface area contributed by atoms with E-state index in [0.717, 1.165) is 25.7 Å².